The van der Waals surface area contributed by atoms with E-state index in [2.05, 4.69) is 6.07 Å². The van der Waals surface area contributed by atoms with Crippen molar-refractivity contribution in [3.8, 4) is 6.07 Å². The third kappa shape index (κ3) is 4.37. The summed E-state index contributed by atoms with van der Waals surface area (Å²) in [6, 6.07) is 12.6. The quantitative estimate of drug-likeness (QED) is 0.676. The fourth-order valence-corrected chi connectivity index (χ4v) is 3.78. The zero-order valence-corrected chi connectivity index (χ0v) is 18.0. The molecular formula is C24H23F3N4O. The molecule has 1 amide bonds. The van der Waals surface area contributed by atoms with Gasteiger partial charge in [-0.15, -0.1) is 0 Å². The number of likely N-dealkylation sites (tertiary alicyclic amines) is 1. The van der Waals surface area contributed by atoms with Crippen LogP contribution in [-0.4, -0.2) is 35.8 Å². The highest BCUT2D eigenvalue weighted by molar-refractivity contribution is 6.07. The average molecular weight is 440 g/mol. The predicted octanol–water partition coefficient (Wildman–Crippen LogP) is 4.69. The number of allylic oxidation sites excluding steroid dienone is 1. The predicted molar refractivity (Wildman–Crippen MR) is 116 cm³/mol. The van der Waals surface area contributed by atoms with Crippen LogP contribution in [0.25, 0.3) is 5.70 Å². The van der Waals surface area contributed by atoms with Crippen molar-refractivity contribution in [3.05, 3.63) is 75.4 Å². The van der Waals surface area contributed by atoms with Crippen molar-refractivity contribution < 1.29 is 18.0 Å². The first-order chi connectivity index (χ1) is 14.9. The van der Waals surface area contributed by atoms with E-state index in [4.69, 9.17) is 16.4 Å². The summed E-state index contributed by atoms with van der Waals surface area (Å²) in [5.74, 6) is -0.0543. The number of amides is 1. The Morgan fingerprint density at radius 3 is 2.22 bits per heavy atom. The Kier molecular flexibility index (Phi) is 6.13. The molecule has 8 heteroatoms. The molecule has 32 heavy (non-hydrogen) atoms. The van der Waals surface area contributed by atoms with Gasteiger partial charge in [-0.25, -0.2) is 0 Å². The summed E-state index contributed by atoms with van der Waals surface area (Å²) in [4.78, 5) is 14.8. The lowest BCUT2D eigenvalue weighted by molar-refractivity contribution is -0.0589. The molecule has 0 aromatic heterocycles. The van der Waals surface area contributed by atoms with Crippen molar-refractivity contribution in [1.29, 1.82) is 10.7 Å². The molecule has 0 saturated carbocycles. The minimum absolute atomic E-state index is 0.163. The van der Waals surface area contributed by atoms with Gasteiger partial charge in [0.1, 0.15) is 5.71 Å². The molecule has 2 aromatic rings. The highest BCUT2D eigenvalue weighted by Crippen LogP contribution is 2.31. The largest absolute Gasteiger partial charge is 0.432 e. The number of nitrogens with zero attached hydrogens (tertiary/aromatic N) is 2. The molecule has 1 aliphatic heterocycles. The molecule has 0 unspecified atom stereocenters. The second-order valence-electron chi connectivity index (χ2n) is 8.03. The number of nitriles is 1. The van der Waals surface area contributed by atoms with Crippen molar-refractivity contribution in [1.82, 2.24) is 4.90 Å². The Hall–Kier alpha value is -3.60. The van der Waals surface area contributed by atoms with E-state index in [9.17, 15) is 18.0 Å². The Labute approximate surface area is 184 Å². The average Bonchev–Trinajstić information content (AvgIpc) is 2.71. The number of halogens is 3. The standard InChI is InChI=1S/C24H23F3N4O/c1-13-8-14(2)20(9-19(13)21(29)15(3)22(30)24(25,26)27)23(32)31-11-18(12-31)17-6-4-16(10-28)5-7-17/h4-9,18,30H,11-12,29H2,1-3H3/b21-15-,30-22?. The number of rotatable bonds is 4. The molecule has 3 N–H and O–H groups in total. The van der Waals surface area contributed by atoms with Crippen molar-refractivity contribution in [3.63, 3.8) is 0 Å². The van der Waals surface area contributed by atoms with E-state index in [0.29, 0.717) is 40.9 Å². The summed E-state index contributed by atoms with van der Waals surface area (Å²) < 4.78 is 38.8. The van der Waals surface area contributed by atoms with Gasteiger partial charge < -0.3 is 10.6 Å². The molecule has 0 spiro atoms. The summed E-state index contributed by atoms with van der Waals surface area (Å²) in [6.07, 6.45) is -4.80. The maximum absolute atomic E-state index is 13.1. The molecular weight excluding hydrogens is 417 g/mol. The fraction of sp³-hybridized carbons (Fsp3) is 0.292. The molecule has 1 fully saturated rings. The van der Waals surface area contributed by atoms with E-state index in [1.165, 1.54) is 6.07 Å². The highest BCUT2D eigenvalue weighted by atomic mass is 19.4. The first-order valence-electron chi connectivity index (χ1n) is 9.97. The van der Waals surface area contributed by atoms with E-state index in [0.717, 1.165) is 12.5 Å². The SMILES string of the molecule is C/C(C(=N)C(F)(F)F)=C(/N)c1cc(C(=O)N2CC(c3ccc(C#N)cc3)C2)c(C)cc1C. The van der Waals surface area contributed by atoms with Crippen LogP contribution < -0.4 is 5.73 Å². The summed E-state index contributed by atoms with van der Waals surface area (Å²) in [6.45, 7) is 5.65. The van der Waals surface area contributed by atoms with E-state index in [1.54, 1.807) is 36.9 Å². The topological polar surface area (TPSA) is 94.0 Å². The number of carbonyl (C=O) groups excluding carboxylic acids is 1. The Morgan fingerprint density at radius 1 is 1.12 bits per heavy atom. The van der Waals surface area contributed by atoms with Gasteiger partial charge in [0.05, 0.1) is 11.6 Å². The second-order valence-corrected chi connectivity index (χ2v) is 8.03. The molecule has 0 atom stereocenters. The first-order valence-corrected chi connectivity index (χ1v) is 9.97. The van der Waals surface area contributed by atoms with Crippen LogP contribution in [0.5, 0.6) is 0 Å². The molecule has 0 bridgehead atoms. The van der Waals surface area contributed by atoms with Crippen molar-refractivity contribution in [2.75, 3.05) is 13.1 Å². The number of hydrogen-bond donors (Lipinski definition) is 2. The molecule has 2 aromatic carbocycles. The molecule has 5 nitrogen and oxygen atoms in total. The van der Waals surface area contributed by atoms with Crippen molar-refractivity contribution in [2.24, 2.45) is 5.73 Å². The Balaban J connectivity index is 1.84. The van der Waals surface area contributed by atoms with Gasteiger partial charge in [-0.1, -0.05) is 18.2 Å². The summed E-state index contributed by atoms with van der Waals surface area (Å²) in [5, 5.41) is 16.3. The van der Waals surface area contributed by atoms with Gasteiger partial charge in [-0.2, -0.15) is 18.4 Å². The third-order valence-corrected chi connectivity index (χ3v) is 5.83. The molecule has 0 radical (unpaired) electrons. The normalized spacial score (nSPS) is 15.0. The molecule has 1 aliphatic rings. The zero-order chi connectivity index (χ0) is 23.8. The number of alkyl halides is 3. The minimum atomic E-state index is -4.80. The Morgan fingerprint density at radius 2 is 1.69 bits per heavy atom. The lowest BCUT2D eigenvalue weighted by atomic mass is 9.89. The number of nitrogens with one attached hydrogen (secondary N) is 1. The monoisotopic (exact) mass is 440 g/mol. The minimum Gasteiger partial charge on any atom is -0.398 e. The zero-order valence-electron chi connectivity index (χ0n) is 18.0. The number of hydrogen-bond acceptors (Lipinski definition) is 4. The smallest absolute Gasteiger partial charge is 0.398 e. The number of benzene rings is 2. The van der Waals surface area contributed by atoms with Crippen LogP contribution in [0.4, 0.5) is 13.2 Å². The maximum Gasteiger partial charge on any atom is 0.432 e. The number of nitrogens with two attached hydrogens (primary N) is 1. The summed E-state index contributed by atoms with van der Waals surface area (Å²) >= 11 is 0. The van der Waals surface area contributed by atoms with E-state index in [-0.39, 0.29) is 23.1 Å². The van der Waals surface area contributed by atoms with Crippen molar-refractivity contribution >= 4 is 17.3 Å². The summed E-state index contributed by atoms with van der Waals surface area (Å²) in [5.41, 5.74) is 7.57. The molecule has 3 rings (SSSR count). The van der Waals surface area contributed by atoms with E-state index >= 15 is 0 Å². The van der Waals surface area contributed by atoms with Gasteiger partial charge >= 0.3 is 6.18 Å². The van der Waals surface area contributed by atoms with Crippen molar-refractivity contribution in [2.45, 2.75) is 32.9 Å². The molecule has 166 valence electrons. The van der Waals surface area contributed by atoms with Crippen LogP contribution in [0.3, 0.4) is 0 Å². The van der Waals surface area contributed by atoms with Crippen LogP contribution in [0, 0.1) is 30.6 Å². The van der Waals surface area contributed by atoms with Crippen LogP contribution >= 0.6 is 0 Å². The van der Waals surface area contributed by atoms with Gasteiger partial charge in [0.15, 0.2) is 0 Å². The first kappa shape index (κ1) is 23.1. The number of aryl methyl sites for hydroxylation is 2. The third-order valence-electron chi connectivity index (χ3n) is 5.83. The van der Waals surface area contributed by atoms with E-state index in [1.807, 2.05) is 12.1 Å². The van der Waals surface area contributed by atoms with E-state index < -0.39 is 11.9 Å². The molecule has 1 heterocycles. The second kappa shape index (κ2) is 8.50. The lowest BCUT2D eigenvalue weighted by Crippen LogP contribution is -2.48. The van der Waals surface area contributed by atoms with Gasteiger partial charge in [0, 0.05) is 41.4 Å². The maximum atomic E-state index is 13.1. The van der Waals surface area contributed by atoms with Gasteiger partial charge in [0.2, 0.25) is 0 Å². The number of carbonyl (C=O) groups is 1. The van der Waals surface area contributed by atoms with Gasteiger partial charge in [-0.05, 0) is 55.7 Å². The van der Waals surface area contributed by atoms with Gasteiger partial charge in [-0.3, -0.25) is 10.2 Å². The Bertz CT molecular complexity index is 1150. The highest BCUT2D eigenvalue weighted by Gasteiger charge is 2.37. The van der Waals surface area contributed by atoms with Crippen LogP contribution in [0.1, 0.15) is 51.0 Å². The van der Waals surface area contributed by atoms with Crippen LogP contribution in [0.15, 0.2) is 42.0 Å². The lowest BCUT2D eigenvalue weighted by Gasteiger charge is -2.40. The van der Waals surface area contributed by atoms with Crippen LogP contribution in [0.2, 0.25) is 0 Å². The molecule has 0 aliphatic carbocycles. The fourth-order valence-electron chi connectivity index (χ4n) is 3.78. The summed E-state index contributed by atoms with van der Waals surface area (Å²) in [7, 11) is 0. The van der Waals surface area contributed by atoms with Crippen LogP contribution in [-0.2, 0) is 0 Å². The van der Waals surface area contributed by atoms with Gasteiger partial charge in [0.25, 0.3) is 5.91 Å². The molecule has 1 saturated heterocycles.